The quantitative estimate of drug-likeness (QED) is 0.840. The first-order chi connectivity index (χ1) is 8.90. The van der Waals surface area contributed by atoms with Gasteiger partial charge in [0.2, 0.25) is 0 Å². The minimum absolute atomic E-state index is 0.0641. The Bertz CT molecular complexity index is 323. The highest BCUT2D eigenvalue weighted by Crippen LogP contribution is 2.22. The molecule has 100 valence electrons. The van der Waals surface area contributed by atoms with Crippen molar-refractivity contribution in [1.82, 2.24) is 5.32 Å². The first-order valence-electron chi connectivity index (χ1n) is 6.89. The predicted octanol–water partition coefficient (Wildman–Crippen LogP) is 2.53. The molecule has 0 bridgehead atoms. The summed E-state index contributed by atoms with van der Waals surface area (Å²) in [6, 6.07) is 10.4. The molecular weight excluding hydrogens is 226 g/mol. The molecule has 0 saturated carbocycles. The van der Waals surface area contributed by atoms with Crippen molar-refractivity contribution in [3.63, 3.8) is 0 Å². The average molecular weight is 249 g/mol. The van der Waals surface area contributed by atoms with Crippen molar-refractivity contribution < 1.29 is 9.47 Å². The molecule has 0 unspecified atom stereocenters. The lowest BCUT2D eigenvalue weighted by Crippen LogP contribution is -2.34. The van der Waals surface area contributed by atoms with Crippen LogP contribution < -0.4 is 5.32 Å². The van der Waals surface area contributed by atoms with Crippen molar-refractivity contribution in [3.05, 3.63) is 35.9 Å². The van der Waals surface area contributed by atoms with E-state index in [1.807, 2.05) is 13.0 Å². The molecule has 0 radical (unpaired) electrons. The number of hydrogen-bond acceptors (Lipinski definition) is 3. The van der Waals surface area contributed by atoms with Crippen molar-refractivity contribution >= 4 is 0 Å². The van der Waals surface area contributed by atoms with Gasteiger partial charge < -0.3 is 14.8 Å². The van der Waals surface area contributed by atoms with Gasteiger partial charge in [0.25, 0.3) is 0 Å². The van der Waals surface area contributed by atoms with Gasteiger partial charge in [-0.1, -0.05) is 30.3 Å². The molecule has 1 heterocycles. The maximum absolute atomic E-state index is 6.21. The highest BCUT2D eigenvalue weighted by molar-refractivity contribution is 5.17. The molecular formula is C15H23NO2. The molecule has 1 aliphatic heterocycles. The first-order valence-corrected chi connectivity index (χ1v) is 6.89. The summed E-state index contributed by atoms with van der Waals surface area (Å²) in [5.41, 5.74) is 1.21. The summed E-state index contributed by atoms with van der Waals surface area (Å²) in [4.78, 5) is 0. The second-order valence-corrected chi connectivity index (χ2v) is 4.64. The van der Waals surface area contributed by atoms with Crippen LogP contribution >= 0.6 is 0 Å². The van der Waals surface area contributed by atoms with Crippen LogP contribution in [0.1, 0.15) is 31.4 Å². The van der Waals surface area contributed by atoms with E-state index in [0.29, 0.717) is 12.7 Å². The fourth-order valence-electron chi connectivity index (χ4n) is 2.27. The fraction of sp³-hybridized carbons (Fsp3) is 0.600. The molecule has 1 aromatic carbocycles. The molecule has 2 rings (SSSR count). The Kier molecular flexibility index (Phi) is 5.65. The summed E-state index contributed by atoms with van der Waals surface area (Å²) in [6.45, 7) is 5.51. The minimum atomic E-state index is 0.0641. The van der Waals surface area contributed by atoms with Gasteiger partial charge in [-0.15, -0.1) is 0 Å². The smallest absolute Gasteiger partial charge is 0.106 e. The molecule has 1 fully saturated rings. The third kappa shape index (κ3) is 4.09. The average Bonchev–Trinajstić information content (AvgIpc) is 2.45. The molecule has 0 aromatic heterocycles. The Labute approximate surface area is 109 Å². The van der Waals surface area contributed by atoms with E-state index >= 15 is 0 Å². The Morgan fingerprint density at radius 3 is 2.61 bits per heavy atom. The van der Waals surface area contributed by atoms with E-state index < -0.39 is 0 Å². The summed E-state index contributed by atoms with van der Waals surface area (Å²) in [6.07, 6.45) is 2.61. The van der Waals surface area contributed by atoms with Crippen LogP contribution in [0.5, 0.6) is 0 Å². The lowest BCUT2D eigenvalue weighted by molar-refractivity contribution is -0.0668. The molecule has 1 saturated heterocycles. The largest absolute Gasteiger partial charge is 0.379 e. The SMILES string of the molecule is CCOC[C@H](OC1CCNCC1)c1ccccc1. The van der Waals surface area contributed by atoms with Gasteiger partial charge in [-0.05, 0) is 38.4 Å². The van der Waals surface area contributed by atoms with Crippen molar-refractivity contribution in [2.24, 2.45) is 0 Å². The Morgan fingerprint density at radius 2 is 1.94 bits per heavy atom. The Hall–Kier alpha value is -0.900. The highest BCUT2D eigenvalue weighted by atomic mass is 16.5. The number of piperidine rings is 1. The maximum atomic E-state index is 6.21. The summed E-state index contributed by atoms with van der Waals surface area (Å²) in [5, 5.41) is 3.36. The van der Waals surface area contributed by atoms with Crippen molar-refractivity contribution in [3.8, 4) is 0 Å². The molecule has 0 spiro atoms. The molecule has 3 heteroatoms. The van der Waals surface area contributed by atoms with E-state index in [2.05, 4.69) is 29.6 Å². The summed E-state index contributed by atoms with van der Waals surface area (Å²) in [5.74, 6) is 0. The predicted molar refractivity (Wildman–Crippen MR) is 72.7 cm³/mol. The van der Waals surface area contributed by atoms with E-state index in [0.717, 1.165) is 32.5 Å². The fourth-order valence-corrected chi connectivity index (χ4v) is 2.27. The summed E-state index contributed by atoms with van der Waals surface area (Å²) in [7, 11) is 0. The molecule has 18 heavy (non-hydrogen) atoms. The van der Waals surface area contributed by atoms with Crippen molar-refractivity contribution in [2.75, 3.05) is 26.3 Å². The zero-order valence-electron chi connectivity index (χ0n) is 11.1. The minimum Gasteiger partial charge on any atom is -0.379 e. The van der Waals surface area contributed by atoms with Crippen LogP contribution in [0.2, 0.25) is 0 Å². The van der Waals surface area contributed by atoms with E-state index in [9.17, 15) is 0 Å². The maximum Gasteiger partial charge on any atom is 0.106 e. The Morgan fingerprint density at radius 1 is 1.22 bits per heavy atom. The van der Waals surface area contributed by atoms with Crippen LogP contribution in [0.4, 0.5) is 0 Å². The van der Waals surface area contributed by atoms with Crippen molar-refractivity contribution in [2.45, 2.75) is 32.0 Å². The molecule has 0 amide bonds. The standard InChI is InChI=1S/C15H23NO2/c1-2-17-12-15(13-6-4-3-5-7-13)18-14-8-10-16-11-9-14/h3-7,14-16H,2,8-12H2,1H3/t15-/m0/s1. The molecule has 1 N–H and O–H groups in total. The number of rotatable bonds is 6. The lowest BCUT2D eigenvalue weighted by atomic mass is 10.1. The number of ether oxygens (including phenoxy) is 2. The van der Waals surface area contributed by atoms with E-state index in [1.165, 1.54) is 5.56 Å². The normalized spacial score (nSPS) is 18.7. The van der Waals surface area contributed by atoms with Crippen LogP contribution in [-0.4, -0.2) is 32.4 Å². The van der Waals surface area contributed by atoms with Crippen LogP contribution in [-0.2, 0) is 9.47 Å². The van der Waals surface area contributed by atoms with Gasteiger partial charge in [0.05, 0.1) is 12.7 Å². The first kappa shape index (κ1) is 13.5. The third-order valence-corrected chi connectivity index (χ3v) is 3.29. The number of nitrogens with one attached hydrogen (secondary N) is 1. The van der Waals surface area contributed by atoms with E-state index in [-0.39, 0.29) is 6.10 Å². The molecule has 1 aromatic rings. The summed E-state index contributed by atoms with van der Waals surface area (Å²) >= 11 is 0. The van der Waals surface area contributed by atoms with Gasteiger partial charge in [-0.2, -0.15) is 0 Å². The van der Waals surface area contributed by atoms with Gasteiger partial charge in [0.15, 0.2) is 0 Å². The van der Waals surface area contributed by atoms with E-state index in [4.69, 9.17) is 9.47 Å². The zero-order valence-corrected chi connectivity index (χ0v) is 11.1. The van der Waals surface area contributed by atoms with Gasteiger partial charge in [0.1, 0.15) is 6.10 Å². The topological polar surface area (TPSA) is 30.5 Å². The summed E-state index contributed by atoms with van der Waals surface area (Å²) < 4.78 is 11.8. The third-order valence-electron chi connectivity index (χ3n) is 3.29. The van der Waals surface area contributed by atoms with Crippen LogP contribution in [0, 0.1) is 0 Å². The van der Waals surface area contributed by atoms with Crippen LogP contribution in [0.25, 0.3) is 0 Å². The monoisotopic (exact) mass is 249 g/mol. The molecule has 1 aliphatic rings. The van der Waals surface area contributed by atoms with E-state index in [1.54, 1.807) is 0 Å². The number of hydrogen-bond donors (Lipinski definition) is 1. The molecule has 3 nitrogen and oxygen atoms in total. The zero-order chi connectivity index (χ0) is 12.6. The van der Waals surface area contributed by atoms with Gasteiger partial charge >= 0.3 is 0 Å². The Balaban J connectivity index is 1.95. The number of benzene rings is 1. The second-order valence-electron chi connectivity index (χ2n) is 4.64. The molecule has 0 aliphatic carbocycles. The van der Waals surface area contributed by atoms with Gasteiger partial charge in [-0.3, -0.25) is 0 Å². The van der Waals surface area contributed by atoms with Gasteiger partial charge in [-0.25, -0.2) is 0 Å². The lowest BCUT2D eigenvalue weighted by Gasteiger charge is -2.28. The second kappa shape index (κ2) is 7.52. The van der Waals surface area contributed by atoms with Crippen LogP contribution in [0.3, 0.4) is 0 Å². The highest BCUT2D eigenvalue weighted by Gasteiger charge is 2.20. The van der Waals surface area contributed by atoms with Gasteiger partial charge in [0, 0.05) is 6.61 Å². The van der Waals surface area contributed by atoms with Crippen LogP contribution in [0.15, 0.2) is 30.3 Å². The van der Waals surface area contributed by atoms with Crippen molar-refractivity contribution in [1.29, 1.82) is 0 Å². The molecule has 1 atom stereocenters.